The summed E-state index contributed by atoms with van der Waals surface area (Å²) in [5.41, 5.74) is -0.150. The lowest BCUT2D eigenvalue weighted by molar-refractivity contribution is -0.160. The molecule has 1 aromatic rings. The van der Waals surface area contributed by atoms with Crippen molar-refractivity contribution in [3.63, 3.8) is 0 Å². The summed E-state index contributed by atoms with van der Waals surface area (Å²) < 4.78 is 22.9. The third-order valence-corrected chi connectivity index (χ3v) is 14.0. The zero-order valence-corrected chi connectivity index (χ0v) is 25.8. The maximum atomic E-state index is 13.5. The number of phenolic OH excluding ortho intramolecular Hbond substituents is 1. The standard InChI is InChI=1S/C27H40N2O12P2/c1-15(23(32)29-22(31)4-3-11-27(35,42(36,37)38)43(39,40)41)28-24(33)26(34)13-10-21-20-7-5-16-14-17(30)6-8-18(16)19(20)9-12-25(21,26)2/h6,8,14-15,19-21,30,34-35H,3-5,7,9-13H2,1-2H3,(H,28,33)(H,29,31,32)(H2,36,37,38)(H2,39,40,41)/t15-,19?,20?,21?,25-,26-/m0/s1. The number of fused-ring (bicyclic) bond motifs is 5. The van der Waals surface area contributed by atoms with E-state index in [1.165, 1.54) is 12.5 Å². The second kappa shape index (κ2) is 11.7. The highest BCUT2D eigenvalue weighted by Gasteiger charge is 2.65. The summed E-state index contributed by atoms with van der Waals surface area (Å²) in [6.07, 6.45) is 1.56. The number of aliphatic hydroxyl groups is 2. The lowest BCUT2D eigenvalue weighted by Crippen LogP contribution is -2.61. The molecule has 3 aliphatic rings. The number of carbonyl (C=O) groups is 3. The van der Waals surface area contributed by atoms with Gasteiger partial charge in [0.25, 0.3) is 11.0 Å². The van der Waals surface area contributed by atoms with Crippen molar-refractivity contribution in [2.45, 2.75) is 94.3 Å². The first-order valence-corrected chi connectivity index (χ1v) is 17.5. The zero-order chi connectivity index (χ0) is 32.2. The number of aryl methyl sites for hydroxylation is 1. The minimum absolute atomic E-state index is 0.0644. The third-order valence-electron chi connectivity index (χ3n) is 10.1. The summed E-state index contributed by atoms with van der Waals surface area (Å²) in [7, 11) is -11.3. The second-order valence-electron chi connectivity index (χ2n) is 12.5. The molecular formula is C27H40N2O12P2. The van der Waals surface area contributed by atoms with Gasteiger partial charge in [-0.1, -0.05) is 13.0 Å². The lowest BCUT2D eigenvalue weighted by Gasteiger charge is -2.52. The molecule has 3 amide bonds. The number of benzene rings is 1. The Labute approximate surface area is 248 Å². The number of hydrogen-bond acceptors (Lipinski definition) is 8. The number of amides is 3. The third kappa shape index (κ3) is 5.96. The number of nitrogens with one attached hydrogen (secondary N) is 2. The van der Waals surface area contributed by atoms with Crippen molar-refractivity contribution in [1.82, 2.24) is 10.6 Å². The normalized spacial score (nSPS) is 29.5. The number of rotatable bonds is 9. The van der Waals surface area contributed by atoms with Crippen molar-refractivity contribution < 1.29 is 58.4 Å². The largest absolute Gasteiger partial charge is 0.508 e. The topological polar surface area (TPSA) is 251 Å². The van der Waals surface area contributed by atoms with E-state index in [-0.39, 0.29) is 29.9 Å². The molecule has 6 atom stereocenters. The van der Waals surface area contributed by atoms with Crippen LogP contribution in [0.15, 0.2) is 18.2 Å². The van der Waals surface area contributed by atoms with Crippen LogP contribution in [0.25, 0.3) is 0 Å². The Bertz CT molecular complexity index is 1370. The van der Waals surface area contributed by atoms with Crippen molar-refractivity contribution in [3.8, 4) is 5.75 Å². The van der Waals surface area contributed by atoms with Gasteiger partial charge in [0.1, 0.15) is 17.4 Å². The van der Waals surface area contributed by atoms with Crippen LogP contribution in [-0.2, 0) is 29.9 Å². The highest BCUT2D eigenvalue weighted by Crippen LogP contribution is 2.69. The van der Waals surface area contributed by atoms with E-state index < -0.39 is 74.3 Å². The number of hydrogen-bond donors (Lipinski definition) is 9. The summed E-state index contributed by atoms with van der Waals surface area (Å²) >= 11 is 0. The molecule has 0 aliphatic heterocycles. The predicted molar refractivity (Wildman–Crippen MR) is 151 cm³/mol. The van der Waals surface area contributed by atoms with E-state index in [1.54, 1.807) is 12.1 Å². The molecule has 43 heavy (non-hydrogen) atoms. The smallest absolute Gasteiger partial charge is 0.369 e. The molecule has 16 heteroatoms. The Morgan fingerprint density at radius 2 is 1.72 bits per heavy atom. The van der Waals surface area contributed by atoms with Gasteiger partial charge in [0.05, 0.1) is 0 Å². The first kappa shape index (κ1) is 33.7. The van der Waals surface area contributed by atoms with Crippen LogP contribution in [0.4, 0.5) is 0 Å². The van der Waals surface area contributed by atoms with Gasteiger partial charge in [-0.3, -0.25) is 28.8 Å². The highest BCUT2D eigenvalue weighted by molar-refractivity contribution is 7.72. The van der Waals surface area contributed by atoms with Gasteiger partial charge in [-0.05, 0) is 92.9 Å². The minimum atomic E-state index is -5.67. The molecule has 4 rings (SSSR count). The molecule has 3 aliphatic carbocycles. The molecule has 9 N–H and O–H groups in total. The lowest BCUT2D eigenvalue weighted by atomic mass is 9.53. The van der Waals surface area contributed by atoms with Gasteiger partial charge in [-0.2, -0.15) is 0 Å². The average Bonchev–Trinajstić information content (AvgIpc) is 3.18. The Balaban J connectivity index is 1.35. The van der Waals surface area contributed by atoms with Gasteiger partial charge in [-0.25, -0.2) is 0 Å². The summed E-state index contributed by atoms with van der Waals surface area (Å²) in [5.74, 6) is -1.78. The Morgan fingerprint density at radius 3 is 2.35 bits per heavy atom. The molecule has 2 fully saturated rings. The van der Waals surface area contributed by atoms with E-state index in [2.05, 4.69) is 5.32 Å². The summed E-state index contributed by atoms with van der Waals surface area (Å²) in [5, 5.41) is 32.4. The minimum Gasteiger partial charge on any atom is -0.508 e. The first-order valence-electron chi connectivity index (χ1n) is 14.3. The van der Waals surface area contributed by atoms with Gasteiger partial charge in [0, 0.05) is 18.3 Å². The molecule has 0 saturated heterocycles. The fourth-order valence-corrected chi connectivity index (χ4v) is 9.85. The van der Waals surface area contributed by atoms with Crippen LogP contribution in [0.2, 0.25) is 0 Å². The molecular weight excluding hydrogens is 606 g/mol. The van der Waals surface area contributed by atoms with Gasteiger partial charge in [0.15, 0.2) is 0 Å². The van der Waals surface area contributed by atoms with E-state index in [0.29, 0.717) is 12.8 Å². The van der Waals surface area contributed by atoms with Crippen LogP contribution in [0.3, 0.4) is 0 Å². The summed E-state index contributed by atoms with van der Waals surface area (Å²) in [6, 6.07) is 4.22. The van der Waals surface area contributed by atoms with Crippen LogP contribution in [-0.4, -0.2) is 69.3 Å². The number of aromatic hydroxyl groups is 1. The van der Waals surface area contributed by atoms with E-state index in [4.69, 9.17) is 0 Å². The van der Waals surface area contributed by atoms with Gasteiger partial charge in [0.2, 0.25) is 11.8 Å². The maximum absolute atomic E-state index is 13.5. The molecule has 240 valence electrons. The molecule has 2 saturated carbocycles. The Kier molecular flexibility index (Phi) is 9.14. The van der Waals surface area contributed by atoms with Gasteiger partial charge in [-0.15, -0.1) is 0 Å². The maximum Gasteiger partial charge on any atom is 0.369 e. The molecule has 1 aromatic carbocycles. The Morgan fingerprint density at radius 1 is 1.07 bits per heavy atom. The summed E-state index contributed by atoms with van der Waals surface area (Å²) in [4.78, 5) is 75.1. The second-order valence-corrected chi connectivity index (χ2v) is 16.5. The van der Waals surface area contributed by atoms with E-state index in [9.17, 15) is 58.4 Å². The fourth-order valence-electron chi connectivity index (χ4n) is 7.59. The van der Waals surface area contributed by atoms with Crippen LogP contribution >= 0.6 is 15.2 Å². The van der Waals surface area contributed by atoms with Crippen molar-refractivity contribution in [2.75, 3.05) is 0 Å². The van der Waals surface area contributed by atoms with E-state index >= 15 is 0 Å². The highest BCUT2D eigenvalue weighted by atomic mass is 31.2. The quantitative estimate of drug-likeness (QED) is 0.172. The number of carbonyl (C=O) groups excluding carboxylic acids is 3. The van der Waals surface area contributed by atoms with Crippen LogP contribution in [0, 0.1) is 17.3 Å². The molecule has 0 aromatic heterocycles. The molecule has 3 unspecified atom stereocenters. The van der Waals surface area contributed by atoms with Crippen LogP contribution < -0.4 is 10.6 Å². The molecule has 0 bridgehead atoms. The first-order chi connectivity index (χ1) is 19.7. The monoisotopic (exact) mass is 646 g/mol. The van der Waals surface area contributed by atoms with Crippen LogP contribution in [0.1, 0.15) is 82.3 Å². The SMILES string of the molecule is C[C@H](NC(=O)[C@@]1(O)CCC2C3CCc4cc(O)ccc4C3CC[C@@]21C)C(=O)NC(=O)CCCC(O)(P(=O)(O)O)P(=O)(O)O. The van der Waals surface area contributed by atoms with Crippen molar-refractivity contribution in [2.24, 2.45) is 17.3 Å². The molecule has 0 spiro atoms. The fraction of sp³-hybridized carbons (Fsp3) is 0.667. The van der Waals surface area contributed by atoms with Crippen molar-refractivity contribution in [1.29, 1.82) is 0 Å². The summed E-state index contributed by atoms with van der Waals surface area (Å²) in [6.45, 7) is 3.24. The van der Waals surface area contributed by atoms with Gasteiger partial charge >= 0.3 is 15.2 Å². The molecule has 0 heterocycles. The average molecular weight is 647 g/mol. The zero-order valence-electron chi connectivity index (χ0n) is 24.0. The predicted octanol–water partition coefficient (Wildman–Crippen LogP) is 1.30. The molecule has 14 nitrogen and oxygen atoms in total. The number of phenols is 1. The van der Waals surface area contributed by atoms with Crippen LogP contribution in [0.5, 0.6) is 5.75 Å². The van der Waals surface area contributed by atoms with E-state index in [0.717, 1.165) is 24.8 Å². The number of imide groups is 1. The molecule has 0 radical (unpaired) electrons. The van der Waals surface area contributed by atoms with Crippen molar-refractivity contribution >= 4 is 32.9 Å². The van der Waals surface area contributed by atoms with Gasteiger partial charge < -0.3 is 40.2 Å². The Hall–Kier alpha value is -2.15. The van der Waals surface area contributed by atoms with Crippen molar-refractivity contribution in [3.05, 3.63) is 29.3 Å². The van der Waals surface area contributed by atoms with E-state index in [1.807, 2.05) is 18.3 Å².